The van der Waals surface area contributed by atoms with Gasteiger partial charge >= 0.3 is 0 Å². The average molecular weight is 285 g/mol. The van der Waals surface area contributed by atoms with Crippen LogP contribution in [0.25, 0.3) is 10.6 Å². The summed E-state index contributed by atoms with van der Waals surface area (Å²) in [6, 6.07) is 1.17. The van der Waals surface area contributed by atoms with Crippen LogP contribution in [0.4, 0.5) is 0 Å². The van der Waals surface area contributed by atoms with Gasteiger partial charge in [-0.25, -0.2) is 0 Å². The van der Waals surface area contributed by atoms with Crippen LogP contribution in [-0.2, 0) is 17.1 Å². The van der Waals surface area contributed by atoms with E-state index in [1.807, 2.05) is 14.1 Å². The van der Waals surface area contributed by atoms with E-state index in [0.29, 0.717) is 12.1 Å². The van der Waals surface area contributed by atoms with E-state index < -0.39 is 0 Å². The van der Waals surface area contributed by atoms with Gasteiger partial charge in [0, 0.05) is 17.1 Å². The molecule has 0 N–H and O–H groups in total. The quantitative estimate of drug-likeness (QED) is 0.698. The molecule has 0 saturated carbocycles. The molecular formula is C12H30MnN4-2. The van der Waals surface area contributed by atoms with Crippen LogP contribution in [0.1, 0.15) is 13.8 Å². The van der Waals surface area contributed by atoms with Crippen molar-refractivity contribution in [2.75, 3.05) is 55.4 Å². The molecular weight excluding hydrogens is 255 g/mol. The Morgan fingerprint density at radius 1 is 0.765 bits per heavy atom. The van der Waals surface area contributed by atoms with E-state index in [0.717, 1.165) is 13.1 Å². The Hall–Kier alpha value is 0.359. The maximum atomic E-state index is 4.02. The molecule has 0 bridgehead atoms. The van der Waals surface area contributed by atoms with Gasteiger partial charge in [0.05, 0.1) is 0 Å². The molecule has 2 unspecified atom stereocenters. The fourth-order valence-electron chi connectivity index (χ4n) is 0.855. The summed E-state index contributed by atoms with van der Waals surface area (Å²) in [6.07, 6.45) is 0. The van der Waals surface area contributed by atoms with E-state index in [1.165, 1.54) is 0 Å². The smallest absolute Gasteiger partial charge is 0 e. The van der Waals surface area contributed by atoms with Gasteiger partial charge in [-0.15, -0.1) is 13.1 Å². The first-order valence-electron chi connectivity index (χ1n) is 5.80. The number of nitrogens with zero attached hydrogens (tertiary/aromatic N) is 4. The SMILES string of the molecule is C[N-]CC(C)N(C)C.C[N-]CC(C)N(C)C.[Mn]. The van der Waals surface area contributed by atoms with Crippen LogP contribution >= 0.6 is 0 Å². The van der Waals surface area contributed by atoms with Crippen molar-refractivity contribution in [2.45, 2.75) is 25.9 Å². The van der Waals surface area contributed by atoms with Crippen LogP contribution in [0.15, 0.2) is 0 Å². The molecule has 0 fully saturated rings. The molecule has 17 heavy (non-hydrogen) atoms. The summed E-state index contributed by atoms with van der Waals surface area (Å²) in [5.41, 5.74) is 0. The Balaban J connectivity index is -0.000000218. The zero-order valence-corrected chi connectivity index (χ0v) is 13.9. The molecule has 1 radical (unpaired) electrons. The Morgan fingerprint density at radius 3 is 1.06 bits per heavy atom. The van der Waals surface area contributed by atoms with Crippen molar-refractivity contribution in [3.63, 3.8) is 0 Å². The van der Waals surface area contributed by atoms with E-state index in [1.54, 1.807) is 0 Å². The summed E-state index contributed by atoms with van der Waals surface area (Å²) in [4.78, 5) is 4.32. The molecule has 0 aliphatic rings. The van der Waals surface area contributed by atoms with E-state index in [-0.39, 0.29) is 17.1 Å². The maximum absolute atomic E-state index is 4.02. The topological polar surface area (TPSA) is 34.7 Å². The second-order valence-electron chi connectivity index (χ2n) is 4.62. The van der Waals surface area contributed by atoms with Crippen LogP contribution in [0.2, 0.25) is 0 Å². The first kappa shape index (κ1) is 22.5. The third kappa shape index (κ3) is 16.4. The molecule has 0 aromatic rings. The van der Waals surface area contributed by atoms with Gasteiger partial charge < -0.3 is 20.4 Å². The van der Waals surface area contributed by atoms with Gasteiger partial charge in [-0.2, -0.15) is 14.1 Å². The van der Waals surface area contributed by atoms with Gasteiger partial charge in [-0.3, -0.25) is 0 Å². The Bertz CT molecular complexity index is 126. The molecule has 0 aromatic heterocycles. The fourth-order valence-corrected chi connectivity index (χ4v) is 0.855. The number of hydrogen-bond acceptors (Lipinski definition) is 2. The van der Waals surface area contributed by atoms with E-state index in [4.69, 9.17) is 0 Å². The molecule has 0 spiro atoms. The van der Waals surface area contributed by atoms with Crippen molar-refractivity contribution < 1.29 is 17.1 Å². The molecule has 0 saturated heterocycles. The molecule has 107 valence electrons. The predicted octanol–water partition coefficient (Wildman–Crippen LogP) is 1.88. The van der Waals surface area contributed by atoms with E-state index in [2.05, 4.69) is 62.5 Å². The van der Waals surface area contributed by atoms with Crippen LogP contribution < -0.4 is 0 Å². The molecule has 0 rings (SSSR count). The minimum Gasteiger partial charge on any atom is -0.664 e. The molecule has 0 aliphatic heterocycles. The van der Waals surface area contributed by atoms with E-state index in [9.17, 15) is 0 Å². The zero-order chi connectivity index (χ0) is 13.1. The molecule has 5 heteroatoms. The molecule has 2 atom stereocenters. The number of likely N-dealkylation sites (N-methyl/N-ethyl adjacent to an activating group) is 4. The Morgan fingerprint density at radius 2 is 1.00 bits per heavy atom. The van der Waals surface area contributed by atoms with Gasteiger partial charge in [0.2, 0.25) is 0 Å². The van der Waals surface area contributed by atoms with Gasteiger partial charge in [-0.05, 0) is 40.3 Å². The second kappa shape index (κ2) is 14.4. The van der Waals surface area contributed by atoms with Crippen LogP contribution in [0.3, 0.4) is 0 Å². The molecule has 0 aromatic carbocycles. The van der Waals surface area contributed by atoms with E-state index >= 15 is 0 Å². The third-order valence-electron chi connectivity index (χ3n) is 2.66. The largest absolute Gasteiger partial charge is 0.664 e. The summed E-state index contributed by atoms with van der Waals surface area (Å²) in [5, 5.41) is 8.03. The van der Waals surface area contributed by atoms with Crippen molar-refractivity contribution in [1.29, 1.82) is 0 Å². The summed E-state index contributed by atoms with van der Waals surface area (Å²) < 4.78 is 0. The minimum absolute atomic E-state index is 0. The van der Waals surface area contributed by atoms with Crippen LogP contribution in [-0.4, -0.2) is 77.3 Å². The van der Waals surface area contributed by atoms with Crippen LogP contribution in [0, 0.1) is 0 Å². The minimum atomic E-state index is 0. The third-order valence-corrected chi connectivity index (χ3v) is 2.66. The summed E-state index contributed by atoms with van der Waals surface area (Å²) in [7, 11) is 12.0. The first-order valence-corrected chi connectivity index (χ1v) is 5.80. The second-order valence-corrected chi connectivity index (χ2v) is 4.62. The summed E-state index contributed by atoms with van der Waals surface area (Å²) in [5.74, 6) is 0. The van der Waals surface area contributed by atoms with Gasteiger partial charge in [0.15, 0.2) is 0 Å². The maximum Gasteiger partial charge on any atom is 0 e. The van der Waals surface area contributed by atoms with Gasteiger partial charge in [0.1, 0.15) is 0 Å². The van der Waals surface area contributed by atoms with Crippen molar-refractivity contribution in [2.24, 2.45) is 0 Å². The van der Waals surface area contributed by atoms with Crippen molar-refractivity contribution in [3.05, 3.63) is 10.6 Å². The van der Waals surface area contributed by atoms with Crippen molar-refractivity contribution in [1.82, 2.24) is 9.80 Å². The Labute approximate surface area is 119 Å². The predicted molar refractivity (Wildman–Crippen MR) is 74.6 cm³/mol. The standard InChI is InChI=1S/2C6H15N2.Mn/c2*1-6(5-7-2)8(3)4;/h2*6H,5H2,1-4H3;/q2*-1;. The normalized spacial score (nSPS) is 13.8. The molecule has 0 heterocycles. The van der Waals surface area contributed by atoms with Crippen molar-refractivity contribution in [3.8, 4) is 0 Å². The monoisotopic (exact) mass is 285 g/mol. The van der Waals surface area contributed by atoms with Crippen molar-refractivity contribution >= 4 is 0 Å². The molecule has 0 aliphatic carbocycles. The Kier molecular flexibility index (Phi) is 19.1. The first-order chi connectivity index (χ1) is 7.36. The van der Waals surface area contributed by atoms with Gasteiger partial charge in [0.25, 0.3) is 0 Å². The zero-order valence-electron chi connectivity index (χ0n) is 12.7. The molecule has 0 amide bonds. The fraction of sp³-hybridized carbons (Fsp3) is 1.00. The van der Waals surface area contributed by atoms with Gasteiger partial charge in [-0.1, -0.05) is 13.8 Å². The summed E-state index contributed by atoms with van der Waals surface area (Å²) >= 11 is 0. The number of rotatable bonds is 6. The molecule has 4 nitrogen and oxygen atoms in total. The average Bonchev–Trinajstić information content (AvgIpc) is 2.19. The number of hydrogen-bond donors (Lipinski definition) is 0. The summed E-state index contributed by atoms with van der Waals surface area (Å²) in [6.45, 7) is 6.19. The van der Waals surface area contributed by atoms with Crippen LogP contribution in [0.5, 0.6) is 0 Å².